The number of ether oxygens (including phenoxy) is 9. The van der Waals surface area contributed by atoms with Gasteiger partial charge in [0.1, 0.15) is 91.6 Å². The van der Waals surface area contributed by atoms with Crippen LogP contribution in [0.2, 0.25) is 0 Å². The standard InChI is InChI=1S/C51H84O23/c1-20(19-66-45-39(61)37(59)34(56)29(16-52)69-45)8-13-51(65)21(2)32-28(74-51)15-27-25-7-6-23-14-24(9-11-49(23,4)26(25)10-12-50(27,32)5)68-48-44(73-46-40(62)36(58)33(55)22(3)67-46)42(64)43(31(18-54)71-48)72-47-41(63)38(60)35(57)30(17-53)70-47/h6,20-22,24-48,52-65H,7-19H2,1-5H3/t20-,21+,22+,24+,25-,26+,27+,28+,29-,30-,31-,32+,33+,34-,35-,36-,37+,38+,39-,40-,41-,42+,43-,44-,45-,46+,47+,48-,49+,50+,51?/m1/s1. The molecule has 23 nitrogen and oxygen atoms in total. The molecular formula is C51H84O23. The van der Waals surface area contributed by atoms with Crippen molar-refractivity contribution in [3.05, 3.63) is 11.6 Å². The Balaban J connectivity index is 0.849. The van der Waals surface area contributed by atoms with E-state index in [1.54, 1.807) is 0 Å². The van der Waals surface area contributed by atoms with Crippen LogP contribution in [0.4, 0.5) is 0 Å². The molecule has 0 bridgehead atoms. The van der Waals surface area contributed by atoms with Crippen LogP contribution in [0.1, 0.15) is 92.4 Å². The summed E-state index contributed by atoms with van der Waals surface area (Å²) in [6, 6.07) is 0. The van der Waals surface area contributed by atoms with Gasteiger partial charge in [-0.3, -0.25) is 0 Å². The highest BCUT2D eigenvalue weighted by atomic mass is 16.8. The molecule has 4 aliphatic carbocycles. The van der Waals surface area contributed by atoms with Crippen molar-refractivity contribution in [3.63, 3.8) is 0 Å². The Hall–Kier alpha value is -1.18. The lowest BCUT2D eigenvalue weighted by Gasteiger charge is -2.58. The number of hydrogen-bond donors (Lipinski definition) is 14. The van der Waals surface area contributed by atoms with Gasteiger partial charge in [0.05, 0.1) is 44.7 Å². The summed E-state index contributed by atoms with van der Waals surface area (Å²) in [4.78, 5) is 0. The molecule has 0 aromatic heterocycles. The lowest BCUT2D eigenvalue weighted by molar-refractivity contribution is -0.389. The summed E-state index contributed by atoms with van der Waals surface area (Å²) in [5.74, 6) is -0.310. The minimum atomic E-state index is -1.85. The summed E-state index contributed by atoms with van der Waals surface area (Å²) in [6.45, 7) is 8.35. The van der Waals surface area contributed by atoms with Crippen molar-refractivity contribution in [2.45, 2.75) is 233 Å². The maximum Gasteiger partial charge on any atom is 0.187 e. The van der Waals surface area contributed by atoms with Crippen LogP contribution in [0.3, 0.4) is 0 Å². The zero-order valence-electron chi connectivity index (χ0n) is 42.9. The largest absolute Gasteiger partial charge is 0.394 e. The van der Waals surface area contributed by atoms with E-state index >= 15 is 0 Å². The van der Waals surface area contributed by atoms with Gasteiger partial charge in [-0.15, -0.1) is 0 Å². The summed E-state index contributed by atoms with van der Waals surface area (Å²) < 4.78 is 54.4. The minimum absolute atomic E-state index is 0.0705. The van der Waals surface area contributed by atoms with Gasteiger partial charge in [-0.1, -0.05) is 39.3 Å². The minimum Gasteiger partial charge on any atom is -0.394 e. The highest BCUT2D eigenvalue weighted by Crippen LogP contribution is 2.70. The highest BCUT2D eigenvalue weighted by molar-refractivity contribution is 5.26. The molecule has 0 amide bonds. The third-order valence-electron chi connectivity index (χ3n) is 19.5. The maximum atomic E-state index is 12.1. The first-order chi connectivity index (χ1) is 35.0. The zero-order chi connectivity index (χ0) is 53.5. The first-order valence-corrected chi connectivity index (χ1v) is 26.9. The lowest BCUT2D eigenvalue weighted by Crippen LogP contribution is -2.67. The number of aliphatic hydroxyl groups excluding tert-OH is 13. The van der Waals surface area contributed by atoms with Gasteiger partial charge in [0.2, 0.25) is 0 Å². The van der Waals surface area contributed by atoms with E-state index in [1.165, 1.54) is 12.5 Å². The Morgan fingerprint density at radius 2 is 1.22 bits per heavy atom. The fourth-order valence-electron chi connectivity index (χ4n) is 15.0. The summed E-state index contributed by atoms with van der Waals surface area (Å²) in [5, 5.41) is 148. The molecule has 0 spiro atoms. The number of aliphatic hydroxyl groups is 14. The normalized spacial score (nSPS) is 54.9. The van der Waals surface area contributed by atoms with E-state index in [9.17, 15) is 71.5 Å². The lowest BCUT2D eigenvalue weighted by atomic mass is 9.47. The summed E-state index contributed by atoms with van der Waals surface area (Å²) in [5.41, 5.74) is 1.02. The molecule has 9 aliphatic rings. The van der Waals surface area contributed by atoms with Crippen LogP contribution in [0, 0.1) is 46.3 Å². The van der Waals surface area contributed by atoms with Crippen LogP contribution in [-0.4, -0.2) is 239 Å². The number of allylic oxidation sites excluding steroid dienone is 1. The van der Waals surface area contributed by atoms with Gasteiger partial charge in [0.25, 0.3) is 0 Å². The number of rotatable bonds is 15. The van der Waals surface area contributed by atoms with Gasteiger partial charge in [-0.05, 0) is 98.7 Å². The molecule has 0 aromatic rings. The van der Waals surface area contributed by atoms with Crippen molar-refractivity contribution in [2.24, 2.45) is 46.3 Å². The molecule has 0 radical (unpaired) electrons. The summed E-state index contributed by atoms with van der Waals surface area (Å²) in [7, 11) is 0. The Morgan fingerprint density at radius 3 is 1.86 bits per heavy atom. The Labute approximate surface area is 430 Å². The van der Waals surface area contributed by atoms with Gasteiger partial charge < -0.3 is 114 Å². The summed E-state index contributed by atoms with van der Waals surface area (Å²) >= 11 is 0. The topological polar surface area (TPSA) is 366 Å². The van der Waals surface area contributed by atoms with E-state index in [4.69, 9.17) is 42.6 Å². The Morgan fingerprint density at radius 1 is 0.635 bits per heavy atom. The van der Waals surface area contributed by atoms with Gasteiger partial charge >= 0.3 is 0 Å². The molecule has 74 heavy (non-hydrogen) atoms. The smallest absolute Gasteiger partial charge is 0.187 e. The molecule has 8 fully saturated rings. The monoisotopic (exact) mass is 1060 g/mol. The number of hydrogen-bond acceptors (Lipinski definition) is 23. The molecule has 0 aromatic carbocycles. The van der Waals surface area contributed by atoms with Gasteiger partial charge in [0, 0.05) is 12.3 Å². The van der Waals surface area contributed by atoms with Gasteiger partial charge in [0.15, 0.2) is 30.9 Å². The molecule has 31 atom stereocenters. The molecule has 5 aliphatic heterocycles. The average molecular weight is 1070 g/mol. The molecule has 5 heterocycles. The predicted molar refractivity (Wildman–Crippen MR) is 250 cm³/mol. The fraction of sp³-hybridized carbons (Fsp3) is 0.961. The van der Waals surface area contributed by atoms with E-state index in [1.807, 2.05) is 6.92 Å². The predicted octanol–water partition coefficient (Wildman–Crippen LogP) is -3.01. The van der Waals surface area contributed by atoms with Crippen molar-refractivity contribution >= 4 is 0 Å². The molecule has 426 valence electrons. The van der Waals surface area contributed by atoms with Crippen LogP contribution >= 0.6 is 0 Å². The van der Waals surface area contributed by atoms with Crippen LogP contribution in [0.25, 0.3) is 0 Å². The maximum absolute atomic E-state index is 12.1. The van der Waals surface area contributed by atoms with E-state index in [-0.39, 0.29) is 41.3 Å². The second-order valence-electron chi connectivity index (χ2n) is 23.8. The molecule has 23 heteroatoms. The Bertz CT molecular complexity index is 1920. The van der Waals surface area contributed by atoms with Crippen molar-refractivity contribution in [1.29, 1.82) is 0 Å². The van der Waals surface area contributed by atoms with E-state index < -0.39 is 155 Å². The molecule has 3 saturated carbocycles. The SMILES string of the molecule is C[C@H](CCC1(O)O[C@H]2C[C@H]3[C@@H]4CC=C5C[C@@H](O[C@@H]6O[C@H](CO)[C@@H](O[C@@H]7O[C@H](CO)[C@@H](O)[C@H](O)[C@H]7O)[C@H](O)[C@H]6O[C@@H]6O[C@@H](C)[C@H](O)[C@@H](O)[C@H]6O)CC[C@]5(C)[C@H]4CC[C@]3(C)[C@H]2[C@@H]1C)CO[C@@H]1O[C@H](CO)[C@@H](O)[C@H](O)[C@H]1O. The fourth-order valence-corrected chi connectivity index (χ4v) is 15.0. The van der Waals surface area contributed by atoms with E-state index in [0.29, 0.717) is 43.4 Å². The average Bonchev–Trinajstić information content (AvgIpc) is 3.82. The van der Waals surface area contributed by atoms with Crippen LogP contribution in [0.5, 0.6) is 0 Å². The van der Waals surface area contributed by atoms with Crippen molar-refractivity contribution in [1.82, 2.24) is 0 Å². The first kappa shape index (κ1) is 57.5. The molecular weight excluding hydrogens is 981 g/mol. The van der Waals surface area contributed by atoms with E-state index in [0.717, 1.165) is 32.1 Å². The highest BCUT2D eigenvalue weighted by Gasteiger charge is 2.68. The molecule has 9 rings (SSSR count). The second-order valence-corrected chi connectivity index (χ2v) is 23.8. The van der Waals surface area contributed by atoms with Gasteiger partial charge in [-0.2, -0.15) is 0 Å². The van der Waals surface area contributed by atoms with E-state index in [2.05, 4.69) is 26.8 Å². The zero-order valence-corrected chi connectivity index (χ0v) is 42.9. The summed E-state index contributed by atoms with van der Waals surface area (Å²) in [6.07, 6.45) is -22.1. The van der Waals surface area contributed by atoms with Crippen molar-refractivity contribution < 1.29 is 114 Å². The molecule has 5 saturated heterocycles. The molecule has 1 unspecified atom stereocenters. The van der Waals surface area contributed by atoms with Crippen molar-refractivity contribution in [3.8, 4) is 0 Å². The van der Waals surface area contributed by atoms with Crippen LogP contribution in [0.15, 0.2) is 11.6 Å². The quantitative estimate of drug-likeness (QED) is 0.0727. The second kappa shape index (κ2) is 22.4. The first-order valence-electron chi connectivity index (χ1n) is 26.9. The molecule has 14 N–H and O–H groups in total. The third kappa shape index (κ3) is 10.2. The van der Waals surface area contributed by atoms with Gasteiger partial charge in [-0.25, -0.2) is 0 Å². The van der Waals surface area contributed by atoms with Crippen molar-refractivity contribution in [2.75, 3.05) is 26.4 Å². The van der Waals surface area contributed by atoms with Crippen LogP contribution in [-0.2, 0) is 42.6 Å². The van der Waals surface area contributed by atoms with Crippen LogP contribution < -0.4 is 0 Å². The number of fused-ring (bicyclic) bond motifs is 7. The third-order valence-corrected chi connectivity index (χ3v) is 19.5. The Kier molecular flexibility index (Phi) is 17.4.